The number of hydrogen-bond acceptors (Lipinski definition) is 4. The first-order valence-electron chi connectivity index (χ1n) is 7.69. The molecule has 3 rings (SSSR count). The van der Waals surface area contributed by atoms with Crippen LogP contribution in [0.4, 0.5) is 0 Å². The maximum absolute atomic E-state index is 5.75. The van der Waals surface area contributed by atoms with E-state index < -0.39 is 0 Å². The summed E-state index contributed by atoms with van der Waals surface area (Å²) in [6.45, 7) is 3.14. The second-order valence-electron chi connectivity index (χ2n) is 5.24. The lowest BCUT2D eigenvalue weighted by Crippen LogP contribution is -2.19. The highest BCUT2D eigenvalue weighted by molar-refractivity contribution is 5.27. The van der Waals surface area contributed by atoms with Crippen LogP contribution < -0.4 is 10.1 Å². The molecule has 23 heavy (non-hydrogen) atoms. The van der Waals surface area contributed by atoms with Gasteiger partial charge in [-0.2, -0.15) is 5.10 Å². The van der Waals surface area contributed by atoms with Gasteiger partial charge in [-0.15, -0.1) is 0 Å². The normalized spacial score (nSPS) is 10.6. The lowest BCUT2D eigenvalue weighted by Gasteiger charge is -2.08. The third kappa shape index (κ3) is 4.93. The van der Waals surface area contributed by atoms with Gasteiger partial charge in [0.2, 0.25) is 0 Å². The maximum Gasteiger partial charge on any atom is 0.119 e. The van der Waals surface area contributed by atoms with Crippen LogP contribution in [0.25, 0.3) is 0 Å². The van der Waals surface area contributed by atoms with Crippen LogP contribution in [0, 0.1) is 0 Å². The summed E-state index contributed by atoms with van der Waals surface area (Å²) in [6.07, 6.45) is 7.34. The molecule has 0 spiro atoms. The summed E-state index contributed by atoms with van der Waals surface area (Å²) in [5.41, 5.74) is 2.30. The molecule has 118 valence electrons. The van der Waals surface area contributed by atoms with Gasteiger partial charge in [-0.1, -0.05) is 18.2 Å². The first kappa shape index (κ1) is 15.2. The molecular formula is C18H20N4O. The van der Waals surface area contributed by atoms with Crippen LogP contribution in [-0.4, -0.2) is 21.3 Å². The van der Waals surface area contributed by atoms with Crippen molar-refractivity contribution >= 4 is 0 Å². The number of hydrogen-bond donors (Lipinski definition) is 1. The van der Waals surface area contributed by atoms with Crippen molar-refractivity contribution in [2.45, 2.75) is 19.7 Å². The molecule has 3 aromatic rings. The Morgan fingerprint density at radius 2 is 1.91 bits per heavy atom. The van der Waals surface area contributed by atoms with E-state index in [-0.39, 0.29) is 0 Å². The van der Waals surface area contributed by atoms with Gasteiger partial charge in [0, 0.05) is 43.4 Å². The van der Waals surface area contributed by atoms with Crippen LogP contribution in [0.2, 0.25) is 0 Å². The zero-order valence-corrected chi connectivity index (χ0v) is 12.9. The van der Waals surface area contributed by atoms with Gasteiger partial charge in [0.25, 0.3) is 0 Å². The van der Waals surface area contributed by atoms with Gasteiger partial charge in [-0.05, 0) is 29.8 Å². The predicted octanol–water partition coefficient (Wildman–Crippen LogP) is 2.65. The van der Waals surface area contributed by atoms with E-state index >= 15 is 0 Å². The van der Waals surface area contributed by atoms with Crippen LogP contribution in [0.1, 0.15) is 11.1 Å². The predicted molar refractivity (Wildman–Crippen MR) is 88.9 cm³/mol. The summed E-state index contributed by atoms with van der Waals surface area (Å²) in [4.78, 5) is 4.08. The van der Waals surface area contributed by atoms with Crippen molar-refractivity contribution in [1.82, 2.24) is 20.1 Å². The minimum atomic E-state index is 0.537. The Morgan fingerprint density at radius 1 is 1.00 bits per heavy atom. The second kappa shape index (κ2) is 8.10. The van der Waals surface area contributed by atoms with Crippen molar-refractivity contribution in [3.8, 4) is 5.75 Å². The zero-order valence-electron chi connectivity index (χ0n) is 12.9. The van der Waals surface area contributed by atoms with E-state index in [1.54, 1.807) is 12.4 Å². The van der Waals surface area contributed by atoms with Crippen molar-refractivity contribution in [3.63, 3.8) is 0 Å². The molecule has 0 unspecified atom stereocenters. The van der Waals surface area contributed by atoms with Gasteiger partial charge in [-0.25, -0.2) is 0 Å². The Bertz CT molecular complexity index is 681. The molecule has 0 aliphatic heterocycles. The molecule has 1 N–H and O–H groups in total. The van der Waals surface area contributed by atoms with Crippen LogP contribution in [-0.2, 0) is 19.7 Å². The van der Waals surface area contributed by atoms with Crippen molar-refractivity contribution in [1.29, 1.82) is 0 Å². The molecule has 2 aromatic heterocycles. The fourth-order valence-corrected chi connectivity index (χ4v) is 2.21. The van der Waals surface area contributed by atoms with Crippen LogP contribution in [0.15, 0.2) is 67.3 Å². The fourth-order valence-electron chi connectivity index (χ4n) is 2.21. The standard InChI is InChI=1S/C18H20N4O/c1-3-17(14-19-8-1)15-23-18-6-4-16(5-7-18)13-20-10-12-22-11-2-9-21-22/h1-9,11,14,20H,10,12-13,15H2. The average Bonchev–Trinajstić information content (AvgIpc) is 3.12. The van der Waals surface area contributed by atoms with E-state index in [2.05, 4.69) is 27.5 Å². The number of aromatic nitrogens is 3. The molecule has 0 saturated carbocycles. The highest BCUT2D eigenvalue weighted by Crippen LogP contribution is 2.13. The van der Waals surface area contributed by atoms with Gasteiger partial charge in [0.1, 0.15) is 12.4 Å². The molecule has 0 atom stereocenters. The van der Waals surface area contributed by atoms with Crippen molar-refractivity contribution in [2.24, 2.45) is 0 Å². The lowest BCUT2D eigenvalue weighted by molar-refractivity contribution is 0.305. The van der Waals surface area contributed by atoms with Crippen LogP contribution in [0.5, 0.6) is 5.75 Å². The molecule has 0 saturated heterocycles. The van der Waals surface area contributed by atoms with Gasteiger partial charge in [-0.3, -0.25) is 9.67 Å². The largest absolute Gasteiger partial charge is 0.489 e. The third-order valence-electron chi connectivity index (χ3n) is 3.46. The summed E-state index contributed by atoms with van der Waals surface area (Å²) < 4.78 is 7.67. The number of nitrogens with zero attached hydrogens (tertiary/aromatic N) is 3. The number of ether oxygens (including phenoxy) is 1. The van der Waals surface area contributed by atoms with E-state index in [9.17, 15) is 0 Å². The first-order chi connectivity index (χ1) is 11.4. The minimum Gasteiger partial charge on any atom is -0.489 e. The van der Waals surface area contributed by atoms with Crippen LogP contribution >= 0.6 is 0 Å². The second-order valence-corrected chi connectivity index (χ2v) is 5.24. The molecule has 1 aromatic carbocycles. The van der Waals surface area contributed by atoms with E-state index in [0.717, 1.165) is 30.9 Å². The van der Waals surface area contributed by atoms with E-state index in [1.807, 2.05) is 47.4 Å². The smallest absolute Gasteiger partial charge is 0.119 e. The maximum atomic E-state index is 5.75. The Labute approximate surface area is 135 Å². The molecule has 0 aliphatic rings. The Morgan fingerprint density at radius 3 is 2.65 bits per heavy atom. The van der Waals surface area contributed by atoms with Crippen molar-refractivity contribution in [3.05, 3.63) is 78.4 Å². The Balaban J connectivity index is 1.40. The fraction of sp³-hybridized carbons (Fsp3) is 0.222. The van der Waals surface area contributed by atoms with Gasteiger partial charge < -0.3 is 10.1 Å². The first-order valence-corrected chi connectivity index (χ1v) is 7.69. The van der Waals surface area contributed by atoms with E-state index in [0.29, 0.717) is 6.61 Å². The minimum absolute atomic E-state index is 0.537. The van der Waals surface area contributed by atoms with Gasteiger partial charge >= 0.3 is 0 Å². The molecule has 0 aliphatic carbocycles. The molecule has 0 fully saturated rings. The van der Waals surface area contributed by atoms with E-state index in [1.165, 1.54) is 5.56 Å². The summed E-state index contributed by atoms with van der Waals surface area (Å²) in [5.74, 6) is 0.870. The molecular weight excluding hydrogens is 288 g/mol. The SMILES string of the molecule is c1cncc(COc2ccc(CNCCn3cccn3)cc2)c1. The van der Waals surface area contributed by atoms with Crippen molar-refractivity contribution < 1.29 is 4.74 Å². The lowest BCUT2D eigenvalue weighted by atomic mass is 10.2. The molecule has 0 bridgehead atoms. The molecule has 0 amide bonds. The highest BCUT2D eigenvalue weighted by Gasteiger charge is 1.98. The highest BCUT2D eigenvalue weighted by atomic mass is 16.5. The number of rotatable bonds is 8. The van der Waals surface area contributed by atoms with E-state index in [4.69, 9.17) is 4.74 Å². The summed E-state index contributed by atoms with van der Waals surface area (Å²) in [7, 11) is 0. The Kier molecular flexibility index (Phi) is 5.37. The van der Waals surface area contributed by atoms with Crippen LogP contribution in [0.3, 0.4) is 0 Å². The van der Waals surface area contributed by atoms with Crippen molar-refractivity contribution in [2.75, 3.05) is 6.54 Å². The molecule has 2 heterocycles. The Hall–Kier alpha value is -2.66. The molecule has 5 heteroatoms. The van der Waals surface area contributed by atoms with Gasteiger partial charge in [0.15, 0.2) is 0 Å². The number of pyridine rings is 1. The average molecular weight is 308 g/mol. The topological polar surface area (TPSA) is 52.0 Å². The molecule has 5 nitrogen and oxygen atoms in total. The van der Waals surface area contributed by atoms with Gasteiger partial charge in [0.05, 0.1) is 6.54 Å². The zero-order chi connectivity index (χ0) is 15.7. The number of nitrogens with one attached hydrogen (secondary N) is 1. The number of benzene rings is 1. The third-order valence-corrected chi connectivity index (χ3v) is 3.46. The molecule has 0 radical (unpaired) electrons. The monoisotopic (exact) mass is 308 g/mol. The summed E-state index contributed by atoms with van der Waals surface area (Å²) in [5, 5.41) is 7.58. The summed E-state index contributed by atoms with van der Waals surface area (Å²) in [6, 6.07) is 14.0. The quantitative estimate of drug-likeness (QED) is 0.650. The summed E-state index contributed by atoms with van der Waals surface area (Å²) >= 11 is 0.